The minimum Gasteiger partial charge on any atom is -0.383 e. The number of fused-ring (bicyclic) bond motifs is 5. The van der Waals surface area contributed by atoms with Crippen molar-refractivity contribution in [3.8, 4) is 0 Å². The first-order valence-electron chi connectivity index (χ1n) is 11.5. The Kier molecular flexibility index (Phi) is 5.03. The molecule has 0 bridgehead atoms. The summed E-state index contributed by atoms with van der Waals surface area (Å²) in [6.07, 6.45) is 2.16. The zero-order valence-electron chi connectivity index (χ0n) is 19.1. The fourth-order valence-corrected chi connectivity index (χ4v) is 5.11. The third-order valence-corrected chi connectivity index (χ3v) is 6.74. The minimum atomic E-state index is -0.342. The van der Waals surface area contributed by atoms with Crippen LogP contribution in [-0.4, -0.2) is 58.1 Å². The van der Waals surface area contributed by atoms with Gasteiger partial charge in [0.1, 0.15) is 23.0 Å². The van der Waals surface area contributed by atoms with Crippen LogP contribution >= 0.6 is 0 Å². The lowest BCUT2D eigenvalue weighted by molar-refractivity contribution is -0.117. The van der Waals surface area contributed by atoms with E-state index >= 15 is 0 Å². The lowest BCUT2D eigenvalue weighted by Gasteiger charge is -2.32. The van der Waals surface area contributed by atoms with Crippen molar-refractivity contribution < 1.29 is 14.3 Å². The summed E-state index contributed by atoms with van der Waals surface area (Å²) in [6, 6.07) is 14.0. The van der Waals surface area contributed by atoms with E-state index in [-0.39, 0.29) is 29.5 Å². The Morgan fingerprint density at radius 1 is 1.20 bits per heavy atom. The van der Waals surface area contributed by atoms with Gasteiger partial charge in [0, 0.05) is 32.4 Å². The number of para-hydroxylation sites is 2. The molecule has 10 nitrogen and oxygen atoms in total. The zero-order valence-corrected chi connectivity index (χ0v) is 19.1. The SMILES string of the molecule is COCCn1c(C(=O)NC2CC3C(=O)Nc4ccccc4N3C2)cc2c(=O)n3ccccc3nc21. The molecule has 2 unspecified atom stereocenters. The second-order valence-electron chi connectivity index (χ2n) is 8.84. The number of methoxy groups -OCH3 is 1. The van der Waals surface area contributed by atoms with Crippen LogP contribution < -0.4 is 21.1 Å². The molecule has 2 N–H and O–H groups in total. The summed E-state index contributed by atoms with van der Waals surface area (Å²) in [4.78, 5) is 45.9. The number of hydrogen-bond donors (Lipinski definition) is 2. The summed E-state index contributed by atoms with van der Waals surface area (Å²) in [5.74, 6) is -0.385. The van der Waals surface area contributed by atoms with E-state index in [1.807, 2.05) is 35.2 Å². The van der Waals surface area contributed by atoms with Crippen LogP contribution in [0, 0.1) is 0 Å². The molecule has 10 heteroatoms. The Hall–Kier alpha value is -4.18. The second-order valence-corrected chi connectivity index (χ2v) is 8.84. The van der Waals surface area contributed by atoms with Crippen LogP contribution in [0.5, 0.6) is 0 Å². The summed E-state index contributed by atoms with van der Waals surface area (Å²) in [6.45, 7) is 1.24. The molecule has 1 fully saturated rings. The first-order chi connectivity index (χ1) is 17.0. The van der Waals surface area contributed by atoms with Crippen molar-refractivity contribution in [1.29, 1.82) is 0 Å². The van der Waals surface area contributed by atoms with Gasteiger partial charge in [-0.15, -0.1) is 0 Å². The maximum absolute atomic E-state index is 13.5. The van der Waals surface area contributed by atoms with Gasteiger partial charge in [0.15, 0.2) is 0 Å². The molecule has 2 amide bonds. The molecule has 6 rings (SSSR count). The highest BCUT2D eigenvalue weighted by Gasteiger charge is 2.41. The van der Waals surface area contributed by atoms with Crippen LogP contribution in [0.4, 0.5) is 11.4 Å². The van der Waals surface area contributed by atoms with Gasteiger partial charge in [0.25, 0.3) is 11.5 Å². The molecular formula is C25H24N6O4. The van der Waals surface area contributed by atoms with E-state index in [2.05, 4.69) is 15.6 Å². The topological polar surface area (TPSA) is 110 Å². The minimum absolute atomic E-state index is 0.0708. The van der Waals surface area contributed by atoms with Crippen molar-refractivity contribution in [2.75, 3.05) is 30.5 Å². The van der Waals surface area contributed by atoms with E-state index in [0.29, 0.717) is 48.5 Å². The van der Waals surface area contributed by atoms with Crippen LogP contribution in [0.25, 0.3) is 16.7 Å². The van der Waals surface area contributed by atoms with Gasteiger partial charge in [0.05, 0.1) is 23.4 Å². The number of hydrogen-bond acceptors (Lipinski definition) is 6. The number of pyridine rings is 1. The molecule has 5 heterocycles. The third kappa shape index (κ3) is 3.45. The van der Waals surface area contributed by atoms with E-state index in [0.717, 1.165) is 11.4 Å². The summed E-state index contributed by atoms with van der Waals surface area (Å²) in [5.41, 5.74) is 2.78. The molecule has 2 aliphatic heterocycles. The molecule has 1 aromatic carbocycles. The third-order valence-electron chi connectivity index (χ3n) is 6.74. The number of carbonyl (C=O) groups excluding carboxylic acids is 2. The van der Waals surface area contributed by atoms with E-state index < -0.39 is 0 Å². The van der Waals surface area contributed by atoms with Crippen LogP contribution in [0.1, 0.15) is 16.9 Å². The number of benzene rings is 1. The van der Waals surface area contributed by atoms with Crippen LogP contribution in [0.15, 0.2) is 59.5 Å². The average molecular weight is 473 g/mol. The smallest absolute Gasteiger partial charge is 0.268 e. The molecule has 2 aliphatic rings. The predicted molar refractivity (Wildman–Crippen MR) is 131 cm³/mol. The quantitative estimate of drug-likeness (QED) is 0.457. The number of aromatic nitrogens is 3. The monoisotopic (exact) mass is 472 g/mol. The molecule has 1 saturated heterocycles. The maximum Gasteiger partial charge on any atom is 0.268 e. The van der Waals surface area contributed by atoms with Crippen molar-refractivity contribution in [3.63, 3.8) is 0 Å². The first-order valence-corrected chi connectivity index (χ1v) is 11.5. The Bertz CT molecular complexity index is 1540. The van der Waals surface area contributed by atoms with E-state index in [9.17, 15) is 14.4 Å². The highest BCUT2D eigenvalue weighted by Crippen LogP contribution is 2.36. The summed E-state index contributed by atoms with van der Waals surface area (Å²) >= 11 is 0. The van der Waals surface area contributed by atoms with Gasteiger partial charge in [-0.2, -0.15) is 0 Å². The number of nitrogens with one attached hydrogen (secondary N) is 2. The van der Waals surface area contributed by atoms with Gasteiger partial charge in [-0.1, -0.05) is 18.2 Å². The Morgan fingerprint density at radius 3 is 2.89 bits per heavy atom. The van der Waals surface area contributed by atoms with Gasteiger partial charge < -0.3 is 24.8 Å². The van der Waals surface area contributed by atoms with Crippen molar-refractivity contribution in [2.45, 2.75) is 25.0 Å². The fourth-order valence-electron chi connectivity index (χ4n) is 5.11. The van der Waals surface area contributed by atoms with Gasteiger partial charge in [-0.25, -0.2) is 4.98 Å². The zero-order chi connectivity index (χ0) is 24.1. The van der Waals surface area contributed by atoms with Crippen molar-refractivity contribution in [1.82, 2.24) is 19.3 Å². The highest BCUT2D eigenvalue weighted by molar-refractivity contribution is 6.04. The number of carbonyl (C=O) groups is 2. The van der Waals surface area contributed by atoms with Crippen LogP contribution in [0.2, 0.25) is 0 Å². The summed E-state index contributed by atoms with van der Waals surface area (Å²) in [7, 11) is 1.58. The Morgan fingerprint density at radius 2 is 2.03 bits per heavy atom. The first kappa shape index (κ1) is 21.4. The number of nitrogens with zero attached hydrogens (tertiary/aromatic N) is 4. The molecule has 3 aromatic heterocycles. The Labute approximate surface area is 200 Å². The normalized spacial score (nSPS) is 19.0. The number of anilines is 2. The van der Waals surface area contributed by atoms with E-state index in [1.165, 1.54) is 4.40 Å². The van der Waals surface area contributed by atoms with Crippen LogP contribution in [-0.2, 0) is 16.1 Å². The summed E-state index contributed by atoms with van der Waals surface area (Å²) < 4.78 is 8.44. The maximum atomic E-state index is 13.5. The molecule has 2 atom stereocenters. The van der Waals surface area contributed by atoms with Gasteiger partial charge >= 0.3 is 0 Å². The predicted octanol–water partition coefficient (Wildman–Crippen LogP) is 1.62. The molecule has 178 valence electrons. The lowest BCUT2D eigenvalue weighted by atomic mass is 10.1. The lowest BCUT2D eigenvalue weighted by Crippen LogP contribution is -2.44. The molecule has 4 aromatic rings. The Balaban J connectivity index is 1.34. The van der Waals surface area contributed by atoms with Gasteiger partial charge in [-0.3, -0.25) is 18.8 Å². The molecular weight excluding hydrogens is 448 g/mol. The van der Waals surface area contributed by atoms with Crippen molar-refractivity contribution >= 4 is 39.9 Å². The molecule has 0 aliphatic carbocycles. The molecule has 35 heavy (non-hydrogen) atoms. The standard InChI is InChI=1S/C25H24N6O4/c1-35-11-10-29-20(13-16-22(29)28-21-8-4-5-9-30(21)25(16)34)23(32)26-15-12-19-24(33)27-17-6-2-3-7-18(17)31(19)14-15/h2-9,13,15,19H,10-12,14H2,1H3,(H,26,32)(H,27,33). The van der Waals surface area contributed by atoms with Gasteiger partial charge in [0.2, 0.25) is 5.91 Å². The fraction of sp³-hybridized carbons (Fsp3) is 0.280. The van der Waals surface area contributed by atoms with E-state index in [1.54, 1.807) is 36.1 Å². The number of amides is 2. The van der Waals surface area contributed by atoms with Crippen LogP contribution in [0.3, 0.4) is 0 Å². The largest absolute Gasteiger partial charge is 0.383 e. The average Bonchev–Trinajstić information content (AvgIpc) is 3.45. The molecule has 0 saturated carbocycles. The van der Waals surface area contributed by atoms with Gasteiger partial charge in [-0.05, 0) is 36.8 Å². The summed E-state index contributed by atoms with van der Waals surface area (Å²) in [5, 5.41) is 6.40. The van der Waals surface area contributed by atoms with Crippen molar-refractivity contribution in [3.05, 3.63) is 70.8 Å². The van der Waals surface area contributed by atoms with Crippen molar-refractivity contribution in [2.24, 2.45) is 0 Å². The number of ether oxygens (including phenoxy) is 1. The molecule has 0 spiro atoms. The highest BCUT2D eigenvalue weighted by atomic mass is 16.5. The van der Waals surface area contributed by atoms with E-state index in [4.69, 9.17) is 4.74 Å². The second kappa shape index (κ2) is 8.24. The number of rotatable bonds is 5. The molecule has 0 radical (unpaired) electrons.